The van der Waals surface area contributed by atoms with Crippen LogP contribution in [0.5, 0.6) is 23.0 Å². The minimum absolute atomic E-state index is 0.134. The van der Waals surface area contributed by atoms with Crippen LogP contribution in [0.25, 0.3) is 0 Å². The van der Waals surface area contributed by atoms with Gasteiger partial charge in [-0.05, 0) is 66.4 Å². The van der Waals surface area contributed by atoms with Gasteiger partial charge in [0.05, 0.1) is 0 Å². The highest BCUT2D eigenvalue weighted by molar-refractivity contribution is 5.81. The molecular formula is C33H29F3O10. The van der Waals surface area contributed by atoms with Gasteiger partial charge in [0.25, 0.3) is 0 Å². The maximum absolute atomic E-state index is 13.8. The first-order valence-corrected chi connectivity index (χ1v) is 13.6. The maximum atomic E-state index is 13.8. The Morgan fingerprint density at radius 2 is 1.07 bits per heavy atom. The Labute approximate surface area is 261 Å². The zero-order chi connectivity index (χ0) is 33.5. The van der Waals surface area contributed by atoms with E-state index in [9.17, 15) is 32.3 Å². The lowest BCUT2D eigenvalue weighted by molar-refractivity contribution is -0.145. The molecule has 0 fully saturated rings. The Morgan fingerprint density at radius 1 is 0.630 bits per heavy atom. The highest BCUT2D eigenvalue weighted by Crippen LogP contribution is 2.38. The molecule has 3 aromatic rings. The van der Waals surface area contributed by atoms with Crippen LogP contribution in [0.4, 0.5) is 13.2 Å². The average Bonchev–Trinajstić information content (AvgIpc) is 3.04. The number of alkyl halides is 3. The van der Waals surface area contributed by atoms with E-state index < -0.39 is 41.4 Å². The molecule has 0 radical (unpaired) electrons. The van der Waals surface area contributed by atoms with Gasteiger partial charge < -0.3 is 28.4 Å². The van der Waals surface area contributed by atoms with E-state index in [1.54, 1.807) is 48.5 Å². The molecule has 0 aliphatic carbocycles. The van der Waals surface area contributed by atoms with E-state index in [-0.39, 0.29) is 45.0 Å². The lowest BCUT2D eigenvalue weighted by atomic mass is 10.1. The molecule has 0 aliphatic rings. The number of aryl methyl sites for hydroxylation is 2. The summed E-state index contributed by atoms with van der Waals surface area (Å²) in [6, 6.07) is 15.6. The second kappa shape index (κ2) is 17.0. The van der Waals surface area contributed by atoms with E-state index in [0.717, 1.165) is 29.8 Å². The van der Waals surface area contributed by atoms with Gasteiger partial charge in [-0.2, -0.15) is 13.2 Å². The molecule has 0 atom stereocenters. The van der Waals surface area contributed by atoms with Crippen LogP contribution in [-0.2, 0) is 47.7 Å². The number of ether oxygens (including phenoxy) is 6. The summed E-state index contributed by atoms with van der Waals surface area (Å²) in [4.78, 5) is 46.8. The molecule has 46 heavy (non-hydrogen) atoms. The van der Waals surface area contributed by atoms with Gasteiger partial charge in [-0.3, -0.25) is 9.59 Å². The Balaban J connectivity index is 1.50. The molecule has 0 aromatic heterocycles. The standard InChI is InChI=1S/C33H29F3O10/c1-3-29(37)43-20-41-24-11-5-22(6-12-24)9-17-31(39)45-26-15-16-28(27(19-26)33(34,35)36)46-32(40)18-10-23-7-13-25(14-8-23)42-21-44-30(38)4-2/h3-8,11-16,19H,1-2,9-10,17-18,20-21H2. The molecule has 0 aliphatic heterocycles. The zero-order valence-electron chi connectivity index (χ0n) is 24.4. The number of rotatable bonds is 16. The van der Waals surface area contributed by atoms with E-state index in [0.29, 0.717) is 23.1 Å². The molecule has 0 unspecified atom stereocenters. The van der Waals surface area contributed by atoms with Gasteiger partial charge in [0.2, 0.25) is 13.6 Å². The maximum Gasteiger partial charge on any atom is 0.420 e. The summed E-state index contributed by atoms with van der Waals surface area (Å²) in [6.07, 6.45) is -2.87. The molecule has 0 N–H and O–H groups in total. The molecule has 0 spiro atoms. The minimum Gasteiger partial charge on any atom is -0.457 e. The van der Waals surface area contributed by atoms with Crippen LogP contribution in [0.1, 0.15) is 29.5 Å². The largest absolute Gasteiger partial charge is 0.457 e. The molecule has 0 amide bonds. The first kappa shape index (κ1) is 34.9. The molecule has 0 saturated carbocycles. The fourth-order valence-corrected chi connectivity index (χ4v) is 3.67. The number of hydrogen-bond acceptors (Lipinski definition) is 10. The first-order valence-electron chi connectivity index (χ1n) is 13.6. The summed E-state index contributed by atoms with van der Waals surface area (Å²) in [7, 11) is 0. The number of esters is 4. The predicted molar refractivity (Wildman–Crippen MR) is 156 cm³/mol. The third-order valence-corrected chi connectivity index (χ3v) is 5.98. The van der Waals surface area contributed by atoms with E-state index in [1.807, 2.05) is 0 Å². The second-order valence-electron chi connectivity index (χ2n) is 9.25. The van der Waals surface area contributed by atoms with Gasteiger partial charge in [0.15, 0.2) is 0 Å². The van der Waals surface area contributed by atoms with Gasteiger partial charge in [-0.15, -0.1) is 0 Å². The third kappa shape index (κ3) is 11.8. The first-order chi connectivity index (χ1) is 22.0. The van der Waals surface area contributed by atoms with Crippen molar-refractivity contribution in [2.24, 2.45) is 0 Å². The smallest absolute Gasteiger partial charge is 0.420 e. The lowest BCUT2D eigenvalue weighted by Crippen LogP contribution is -2.15. The zero-order valence-corrected chi connectivity index (χ0v) is 24.4. The van der Waals surface area contributed by atoms with Gasteiger partial charge in [-0.1, -0.05) is 37.4 Å². The number of carbonyl (C=O) groups excluding carboxylic acids is 4. The number of hydrogen-bond donors (Lipinski definition) is 0. The van der Waals surface area contributed by atoms with E-state index >= 15 is 0 Å². The van der Waals surface area contributed by atoms with Crippen molar-refractivity contribution >= 4 is 23.9 Å². The summed E-state index contributed by atoms with van der Waals surface area (Å²) in [5.74, 6) is -3.24. The van der Waals surface area contributed by atoms with E-state index in [2.05, 4.69) is 13.2 Å². The van der Waals surface area contributed by atoms with Crippen molar-refractivity contribution in [1.29, 1.82) is 0 Å². The Hall–Kier alpha value is -5.59. The van der Waals surface area contributed by atoms with Gasteiger partial charge >= 0.3 is 30.1 Å². The van der Waals surface area contributed by atoms with Crippen molar-refractivity contribution in [3.05, 3.63) is 109 Å². The molecule has 242 valence electrons. The SMILES string of the molecule is C=CC(=O)OCOc1ccc(CCC(=O)Oc2ccc(OC(=O)CCc3ccc(OCOC(=O)C=C)cc3)c(C(F)(F)F)c2)cc1. The number of carbonyl (C=O) groups is 4. The highest BCUT2D eigenvalue weighted by Gasteiger charge is 2.36. The molecule has 3 rings (SSSR count). The normalized spacial score (nSPS) is 10.7. The molecule has 13 heteroatoms. The Bertz CT molecular complexity index is 1530. The summed E-state index contributed by atoms with van der Waals surface area (Å²) < 4.78 is 71.3. The van der Waals surface area contributed by atoms with Crippen LogP contribution < -0.4 is 18.9 Å². The monoisotopic (exact) mass is 642 g/mol. The Kier molecular flexibility index (Phi) is 12.9. The fourth-order valence-electron chi connectivity index (χ4n) is 3.67. The predicted octanol–water partition coefficient (Wildman–Crippen LogP) is 5.91. The molecule has 10 nitrogen and oxygen atoms in total. The summed E-state index contributed by atoms with van der Waals surface area (Å²) in [5.41, 5.74) is 0.127. The van der Waals surface area contributed by atoms with Crippen molar-refractivity contribution in [3.8, 4) is 23.0 Å². The second-order valence-corrected chi connectivity index (χ2v) is 9.25. The van der Waals surface area contributed by atoms with Crippen LogP contribution in [0.15, 0.2) is 92.0 Å². The minimum atomic E-state index is -4.90. The fraction of sp³-hybridized carbons (Fsp3) is 0.212. The van der Waals surface area contributed by atoms with Crippen molar-refractivity contribution in [1.82, 2.24) is 0 Å². The highest BCUT2D eigenvalue weighted by atomic mass is 19.4. The van der Waals surface area contributed by atoms with E-state index in [1.165, 1.54) is 0 Å². The van der Waals surface area contributed by atoms with Crippen LogP contribution >= 0.6 is 0 Å². The van der Waals surface area contributed by atoms with Crippen molar-refractivity contribution in [2.75, 3.05) is 13.6 Å². The van der Waals surface area contributed by atoms with Crippen LogP contribution in [0.2, 0.25) is 0 Å². The summed E-state index contributed by atoms with van der Waals surface area (Å²) in [5, 5.41) is 0. The van der Waals surface area contributed by atoms with Crippen molar-refractivity contribution in [2.45, 2.75) is 31.9 Å². The molecule has 3 aromatic carbocycles. The third-order valence-electron chi connectivity index (χ3n) is 5.98. The average molecular weight is 643 g/mol. The molecule has 0 heterocycles. The summed E-state index contributed by atoms with van der Waals surface area (Å²) in [6.45, 7) is 5.90. The quantitative estimate of drug-likeness (QED) is 0.0806. The van der Waals surface area contributed by atoms with Crippen LogP contribution in [0, 0.1) is 0 Å². The van der Waals surface area contributed by atoms with Gasteiger partial charge in [-0.25, -0.2) is 9.59 Å². The van der Waals surface area contributed by atoms with Crippen molar-refractivity contribution in [3.63, 3.8) is 0 Å². The van der Waals surface area contributed by atoms with Crippen LogP contribution in [0.3, 0.4) is 0 Å². The number of halogens is 3. The summed E-state index contributed by atoms with van der Waals surface area (Å²) >= 11 is 0. The van der Waals surface area contributed by atoms with Gasteiger partial charge in [0.1, 0.15) is 28.6 Å². The van der Waals surface area contributed by atoms with Crippen LogP contribution in [-0.4, -0.2) is 37.5 Å². The molecule has 0 bridgehead atoms. The van der Waals surface area contributed by atoms with E-state index in [4.69, 9.17) is 28.4 Å². The molecular weight excluding hydrogens is 613 g/mol. The lowest BCUT2D eigenvalue weighted by Gasteiger charge is -2.14. The van der Waals surface area contributed by atoms with Crippen molar-refractivity contribution < 1.29 is 60.8 Å². The topological polar surface area (TPSA) is 124 Å². The Morgan fingerprint density at radius 3 is 1.50 bits per heavy atom. The number of benzene rings is 3. The molecule has 0 saturated heterocycles. The van der Waals surface area contributed by atoms with Gasteiger partial charge in [0, 0.05) is 25.0 Å².